The monoisotopic (exact) mass is 404 g/mol. The molecular weight excluding hydrogens is 372 g/mol. The number of hydrogen-bond donors (Lipinski definition) is 3. The van der Waals surface area contributed by atoms with E-state index in [0.717, 1.165) is 6.08 Å². The molecule has 0 fully saturated rings. The zero-order valence-corrected chi connectivity index (χ0v) is 16.6. The molecule has 0 aromatic carbocycles. The Balaban J connectivity index is -0.000000336. The molecular formula is C19H32O9. The van der Waals surface area contributed by atoms with Crippen molar-refractivity contribution in [3.63, 3.8) is 0 Å². The van der Waals surface area contributed by atoms with Crippen LogP contribution in [0, 0.1) is 0 Å². The predicted octanol–water partition coefficient (Wildman–Crippen LogP) is 0.684. The summed E-state index contributed by atoms with van der Waals surface area (Å²) in [5, 5.41) is 24.7. The molecule has 9 heteroatoms. The average Bonchev–Trinajstić information content (AvgIpc) is 2.67. The number of esters is 3. The summed E-state index contributed by atoms with van der Waals surface area (Å²) in [6.45, 7) is 13.6. The molecule has 0 aliphatic heterocycles. The van der Waals surface area contributed by atoms with Crippen molar-refractivity contribution in [3.8, 4) is 0 Å². The summed E-state index contributed by atoms with van der Waals surface area (Å²) in [7, 11) is 0. The molecule has 0 unspecified atom stereocenters. The number of rotatable bonds is 11. The van der Waals surface area contributed by atoms with E-state index in [-0.39, 0.29) is 39.6 Å². The highest BCUT2D eigenvalue weighted by atomic mass is 16.5. The Morgan fingerprint density at radius 2 is 1.14 bits per heavy atom. The van der Waals surface area contributed by atoms with E-state index in [9.17, 15) is 14.4 Å². The number of carbonyl (C=O) groups excluding carboxylic acids is 3. The Labute approximate surface area is 165 Å². The van der Waals surface area contributed by atoms with Gasteiger partial charge in [-0.05, 0) is 13.8 Å². The van der Waals surface area contributed by atoms with Crippen LogP contribution in [-0.2, 0) is 28.6 Å². The smallest absolute Gasteiger partial charge is 0.333 e. The van der Waals surface area contributed by atoms with Crippen molar-refractivity contribution in [2.24, 2.45) is 0 Å². The summed E-state index contributed by atoms with van der Waals surface area (Å²) in [6.07, 6.45) is 2.07. The molecule has 0 aromatic rings. The van der Waals surface area contributed by atoms with Crippen LogP contribution in [0.15, 0.2) is 37.0 Å². The first-order valence-electron chi connectivity index (χ1n) is 8.44. The zero-order chi connectivity index (χ0) is 22.4. The molecule has 0 atom stereocenters. The quantitative estimate of drug-likeness (QED) is 0.196. The van der Waals surface area contributed by atoms with Crippen LogP contribution in [0.25, 0.3) is 0 Å². The van der Waals surface area contributed by atoms with Gasteiger partial charge in [0.25, 0.3) is 0 Å². The van der Waals surface area contributed by atoms with Gasteiger partial charge >= 0.3 is 17.9 Å². The van der Waals surface area contributed by atoms with Gasteiger partial charge in [-0.3, -0.25) is 0 Å². The molecule has 9 nitrogen and oxygen atoms in total. The summed E-state index contributed by atoms with van der Waals surface area (Å²) in [5.41, 5.74) is 0.737. The van der Waals surface area contributed by atoms with E-state index in [1.54, 1.807) is 13.8 Å². The SMILES string of the molecule is C=C(C)C(=O)OCCCO.C=C(C)C(=O)OCCO.C=CC(=O)OCCCO. The van der Waals surface area contributed by atoms with Crippen molar-refractivity contribution in [1.82, 2.24) is 0 Å². The fourth-order valence-corrected chi connectivity index (χ4v) is 0.910. The average molecular weight is 404 g/mol. The highest BCUT2D eigenvalue weighted by molar-refractivity contribution is 5.87. The summed E-state index contributed by atoms with van der Waals surface area (Å²) in [4.78, 5) is 31.3. The minimum absolute atomic E-state index is 0.0451. The lowest BCUT2D eigenvalue weighted by molar-refractivity contribution is -0.140. The third kappa shape index (κ3) is 25.7. The standard InChI is InChI=1S/C7H12O3.2C6H10O3/c1-6(2)7(9)10-5-3-4-8;1-5(2)6(8)9-4-3-7;1-2-6(8)9-5-3-4-7/h8H,1,3-5H2,2H3;7H,1,3-4H2,2H3;2,7H,1,3-5H2. The maximum Gasteiger partial charge on any atom is 0.333 e. The molecule has 0 aliphatic rings. The fraction of sp³-hybridized carbons (Fsp3) is 0.526. The normalized spacial score (nSPS) is 8.75. The molecule has 0 bridgehead atoms. The zero-order valence-electron chi connectivity index (χ0n) is 16.6. The first-order chi connectivity index (χ1) is 13.2. The first kappa shape index (κ1) is 30.2. The van der Waals surface area contributed by atoms with Crippen LogP contribution in [0.4, 0.5) is 0 Å². The van der Waals surface area contributed by atoms with Crippen LogP contribution in [-0.4, -0.2) is 72.9 Å². The summed E-state index contributed by atoms with van der Waals surface area (Å²) >= 11 is 0. The van der Waals surface area contributed by atoms with Crippen LogP contribution in [0.5, 0.6) is 0 Å². The number of ether oxygens (including phenoxy) is 3. The molecule has 0 aromatic heterocycles. The van der Waals surface area contributed by atoms with E-state index >= 15 is 0 Å². The van der Waals surface area contributed by atoms with Crippen LogP contribution in [0.3, 0.4) is 0 Å². The Bertz CT molecular complexity index is 482. The van der Waals surface area contributed by atoms with E-state index < -0.39 is 17.9 Å². The summed E-state index contributed by atoms with van der Waals surface area (Å²) in [6, 6.07) is 0. The molecule has 0 heterocycles. The summed E-state index contributed by atoms with van der Waals surface area (Å²) < 4.78 is 13.6. The predicted molar refractivity (Wildman–Crippen MR) is 103 cm³/mol. The maximum absolute atomic E-state index is 10.6. The van der Waals surface area contributed by atoms with E-state index in [1.165, 1.54) is 0 Å². The molecule has 28 heavy (non-hydrogen) atoms. The second-order valence-corrected chi connectivity index (χ2v) is 5.08. The summed E-state index contributed by atoms with van der Waals surface area (Å²) in [5.74, 6) is -1.29. The van der Waals surface area contributed by atoms with Gasteiger partial charge in [0, 0.05) is 43.3 Å². The fourth-order valence-electron chi connectivity index (χ4n) is 0.910. The van der Waals surface area contributed by atoms with Gasteiger partial charge in [0.05, 0.1) is 19.8 Å². The molecule has 0 saturated heterocycles. The van der Waals surface area contributed by atoms with Crippen molar-refractivity contribution < 1.29 is 43.9 Å². The largest absolute Gasteiger partial charge is 0.462 e. The van der Waals surface area contributed by atoms with Crippen LogP contribution in [0.2, 0.25) is 0 Å². The second-order valence-electron chi connectivity index (χ2n) is 5.08. The minimum atomic E-state index is -0.455. The van der Waals surface area contributed by atoms with Gasteiger partial charge in [0.15, 0.2) is 0 Å². The molecule has 0 amide bonds. The van der Waals surface area contributed by atoms with Gasteiger partial charge in [0.2, 0.25) is 0 Å². The Kier molecular flexibility index (Phi) is 24.4. The first-order valence-corrected chi connectivity index (χ1v) is 8.44. The van der Waals surface area contributed by atoms with Crippen molar-refractivity contribution in [2.45, 2.75) is 26.7 Å². The van der Waals surface area contributed by atoms with Gasteiger partial charge in [-0.15, -0.1) is 0 Å². The molecule has 0 spiro atoms. The van der Waals surface area contributed by atoms with Gasteiger partial charge in [-0.1, -0.05) is 19.7 Å². The molecule has 0 rings (SSSR count). The highest BCUT2D eigenvalue weighted by Gasteiger charge is 2.01. The van der Waals surface area contributed by atoms with Gasteiger partial charge in [0.1, 0.15) is 6.61 Å². The number of aliphatic hydroxyl groups is 3. The van der Waals surface area contributed by atoms with Gasteiger partial charge < -0.3 is 29.5 Å². The molecule has 3 N–H and O–H groups in total. The number of aliphatic hydroxyl groups excluding tert-OH is 3. The lowest BCUT2D eigenvalue weighted by Crippen LogP contribution is -2.08. The third-order valence-corrected chi connectivity index (χ3v) is 2.27. The van der Waals surface area contributed by atoms with Crippen molar-refractivity contribution >= 4 is 17.9 Å². The Morgan fingerprint density at radius 3 is 1.46 bits per heavy atom. The lowest BCUT2D eigenvalue weighted by Gasteiger charge is -2.00. The maximum atomic E-state index is 10.6. The number of carbonyl (C=O) groups is 3. The Morgan fingerprint density at radius 1 is 0.750 bits per heavy atom. The van der Waals surface area contributed by atoms with Crippen molar-refractivity contribution in [1.29, 1.82) is 0 Å². The van der Waals surface area contributed by atoms with E-state index in [1.807, 2.05) is 0 Å². The van der Waals surface area contributed by atoms with Crippen LogP contribution >= 0.6 is 0 Å². The molecule has 0 radical (unpaired) electrons. The molecule has 0 saturated carbocycles. The van der Waals surface area contributed by atoms with Crippen LogP contribution < -0.4 is 0 Å². The van der Waals surface area contributed by atoms with Crippen molar-refractivity contribution in [2.75, 3.05) is 39.6 Å². The van der Waals surface area contributed by atoms with Crippen LogP contribution in [0.1, 0.15) is 26.7 Å². The van der Waals surface area contributed by atoms with Gasteiger partial charge in [-0.2, -0.15) is 0 Å². The molecule has 162 valence electrons. The molecule has 0 aliphatic carbocycles. The van der Waals surface area contributed by atoms with Gasteiger partial charge in [-0.25, -0.2) is 14.4 Å². The highest BCUT2D eigenvalue weighted by Crippen LogP contribution is 1.92. The van der Waals surface area contributed by atoms with E-state index in [0.29, 0.717) is 24.0 Å². The second kappa shape index (κ2) is 22.6. The topological polar surface area (TPSA) is 140 Å². The lowest BCUT2D eigenvalue weighted by atomic mass is 10.4. The van der Waals surface area contributed by atoms with E-state index in [2.05, 4.69) is 33.9 Å². The Hall–Kier alpha value is -2.49. The van der Waals surface area contributed by atoms with Crippen molar-refractivity contribution in [3.05, 3.63) is 37.0 Å². The third-order valence-electron chi connectivity index (χ3n) is 2.27. The number of hydrogen-bond acceptors (Lipinski definition) is 9. The van der Waals surface area contributed by atoms with E-state index in [4.69, 9.17) is 15.3 Å². The minimum Gasteiger partial charge on any atom is -0.462 e.